The molecule has 1 heterocycles. The minimum Gasteiger partial charge on any atom is -0.497 e. The molecule has 1 aromatic rings. The lowest BCUT2D eigenvalue weighted by atomic mass is 10.1. The molecule has 2 rings (SSSR count). The SMILES string of the molecule is COC(=O)[C@@H]1CC(F)(F)CN1C(=O)C(F)(F)c1cccc(OC)c1. The Morgan fingerprint density at radius 1 is 1.29 bits per heavy atom. The third kappa shape index (κ3) is 3.29. The molecule has 1 saturated heterocycles. The molecule has 1 fully saturated rings. The molecule has 0 spiro atoms. The van der Waals surface area contributed by atoms with Crippen LogP contribution in [0.3, 0.4) is 0 Å². The van der Waals surface area contributed by atoms with Crippen LogP contribution in [0.4, 0.5) is 17.6 Å². The zero-order chi connectivity index (χ0) is 18.1. The Kier molecular flexibility index (Phi) is 4.73. The van der Waals surface area contributed by atoms with Crippen LogP contribution < -0.4 is 4.74 Å². The fraction of sp³-hybridized carbons (Fsp3) is 0.467. The van der Waals surface area contributed by atoms with Gasteiger partial charge in [0.1, 0.15) is 11.8 Å². The van der Waals surface area contributed by atoms with Gasteiger partial charge in [-0.05, 0) is 12.1 Å². The standard InChI is InChI=1S/C15H15F4NO4/c1-23-10-5-3-4-9(6-10)15(18,19)13(22)20-8-14(16,17)7-11(20)12(21)24-2/h3-6,11H,7-8H2,1-2H3/t11-/m0/s1. The number of ether oxygens (including phenoxy) is 2. The largest absolute Gasteiger partial charge is 0.497 e. The Hall–Kier alpha value is -2.32. The summed E-state index contributed by atoms with van der Waals surface area (Å²) in [6, 6.07) is 2.78. The molecule has 0 unspecified atom stereocenters. The number of hydrogen-bond acceptors (Lipinski definition) is 4. The van der Waals surface area contributed by atoms with Crippen molar-refractivity contribution >= 4 is 11.9 Å². The van der Waals surface area contributed by atoms with Crippen molar-refractivity contribution in [3.63, 3.8) is 0 Å². The molecule has 1 amide bonds. The second-order valence-electron chi connectivity index (χ2n) is 5.34. The maximum Gasteiger partial charge on any atom is 0.350 e. The van der Waals surface area contributed by atoms with Crippen LogP contribution in [0.25, 0.3) is 0 Å². The van der Waals surface area contributed by atoms with Gasteiger partial charge in [-0.2, -0.15) is 8.78 Å². The summed E-state index contributed by atoms with van der Waals surface area (Å²) >= 11 is 0. The average molecular weight is 349 g/mol. The van der Waals surface area contributed by atoms with Crippen molar-refractivity contribution < 1.29 is 36.6 Å². The average Bonchev–Trinajstić information content (AvgIpc) is 2.88. The molecule has 0 saturated carbocycles. The van der Waals surface area contributed by atoms with E-state index < -0.39 is 48.3 Å². The minimum absolute atomic E-state index is 0.0799. The van der Waals surface area contributed by atoms with E-state index in [4.69, 9.17) is 4.74 Å². The fourth-order valence-corrected chi connectivity index (χ4v) is 2.50. The van der Waals surface area contributed by atoms with Gasteiger partial charge in [-0.25, -0.2) is 13.6 Å². The van der Waals surface area contributed by atoms with Crippen molar-refractivity contribution in [2.45, 2.75) is 24.3 Å². The smallest absolute Gasteiger partial charge is 0.350 e. The zero-order valence-electron chi connectivity index (χ0n) is 12.9. The molecule has 0 N–H and O–H groups in total. The molecule has 0 aromatic heterocycles. The normalized spacial score (nSPS) is 19.9. The molecule has 1 aliphatic heterocycles. The molecule has 1 atom stereocenters. The molecular weight excluding hydrogens is 334 g/mol. The Labute approximate surface area is 135 Å². The quantitative estimate of drug-likeness (QED) is 0.618. The highest BCUT2D eigenvalue weighted by atomic mass is 19.3. The summed E-state index contributed by atoms with van der Waals surface area (Å²) in [6.45, 7) is -1.27. The third-order valence-electron chi connectivity index (χ3n) is 3.70. The summed E-state index contributed by atoms with van der Waals surface area (Å²) < 4.78 is 65.2. The monoisotopic (exact) mass is 349 g/mol. The van der Waals surface area contributed by atoms with Gasteiger partial charge >= 0.3 is 11.9 Å². The lowest BCUT2D eigenvalue weighted by Gasteiger charge is -2.26. The number of hydrogen-bond donors (Lipinski definition) is 0. The van der Waals surface area contributed by atoms with Gasteiger partial charge in [0, 0.05) is 12.0 Å². The number of nitrogens with zero attached hydrogens (tertiary/aromatic N) is 1. The number of alkyl halides is 4. The van der Waals surface area contributed by atoms with E-state index in [9.17, 15) is 27.2 Å². The zero-order valence-corrected chi connectivity index (χ0v) is 12.9. The van der Waals surface area contributed by atoms with Crippen molar-refractivity contribution in [2.24, 2.45) is 0 Å². The lowest BCUT2D eigenvalue weighted by Crippen LogP contribution is -2.48. The maximum atomic E-state index is 14.5. The van der Waals surface area contributed by atoms with Gasteiger partial charge < -0.3 is 14.4 Å². The number of carbonyl (C=O) groups is 2. The lowest BCUT2D eigenvalue weighted by molar-refractivity contribution is -0.166. The van der Waals surface area contributed by atoms with Crippen molar-refractivity contribution in [1.82, 2.24) is 4.90 Å². The summed E-state index contributed by atoms with van der Waals surface area (Å²) in [5.74, 6) is -10.5. The molecule has 0 bridgehead atoms. The Bertz CT molecular complexity index is 650. The summed E-state index contributed by atoms with van der Waals surface area (Å²) in [6.07, 6.45) is -1.06. The number of rotatable bonds is 4. The molecule has 1 aliphatic rings. The van der Waals surface area contributed by atoms with Crippen LogP contribution in [0, 0.1) is 0 Å². The van der Waals surface area contributed by atoms with Gasteiger partial charge in [-0.15, -0.1) is 0 Å². The van der Waals surface area contributed by atoms with Gasteiger partial charge in [0.15, 0.2) is 0 Å². The predicted molar refractivity (Wildman–Crippen MR) is 74.0 cm³/mol. The van der Waals surface area contributed by atoms with E-state index in [1.54, 1.807) is 0 Å². The Morgan fingerprint density at radius 3 is 2.54 bits per heavy atom. The molecule has 0 radical (unpaired) electrons. The molecule has 0 aliphatic carbocycles. The molecule has 5 nitrogen and oxygen atoms in total. The van der Waals surface area contributed by atoms with Crippen LogP contribution >= 0.6 is 0 Å². The summed E-state index contributed by atoms with van der Waals surface area (Å²) in [5.41, 5.74) is -0.717. The van der Waals surface area contributed by atoms with E-state index in [2.05, 4.69) is 4.74 Å². The highest BCUT2D eigenvalue weighted by molar-refractivity contribution is 5.90. The minimum atomic E-state index is -4.10. The van der Waals surface area contributed by atoms with Crippen LogP contribution in [0.15, 0.2) is 24.3 Å². The fourth-order valence-electron chi connectivity index (χ4n) is 2.50. The molecule has 9 heteroatoms. The van der Waals surface area contributed by atoms with Gasteiger partial charge in [0.25, 0.3) is 11.8 Å². The number of methoxy groups -OCH3 is 2. The van der Waals surface area contributed by atoms with Gasteiger partial charge in [0.2, 0.25) is 0 Å². The summed E-state index contributed by atoms with van der Waals surface area (Å²) in [5, 5.41) is 0. The van der Waals surface area contributed by atoms with E-state index in [-0.39, 0.29) is 10.6 Å². The number of esters is 1. The third-order valence-corrected chi connectivity index (χ3v) is 3.70. The molecule has 132 valence electrons. The van der Waals surface area contributed by atoms with Crippen LogP contribution in [0.5, 0.6) is 5.75 Å². The van der Waals surface area contributed by atoms with E-state index in [1.165, 1.54) is 19.2 Å². The molecular formula is C15H15F4NO4. The van der Waals surface area contributed by atoms with Crippen molar-refractivity contribution in [2.75, 3.05) is 20.8 Å². The van der Waals surface area contributed by atoms with E-state index in [0.29, 0.717) is 0 Å². The molecule has 24 heavy (non-hydrogen) atoms. The van der Waals surface area contributed by atoms with E-state index in [0.717, 1.165) is 19.2 Å². The first kappa shape index (κ1) is 18.0. The summed E-state index contributed by atoms with van der Waals surface area (Å²) in [7, 11) is 2.19. The highest BCUT2D eigenvalue weighted by Crippen LogP contribution is 2.38. The number of benzene rings is 1. The second kappa shape index (κ2) is 6.29. The van der Waals surface area contributed by atoms with Crippen LogP contribution in [-0.2, 0) is 20.2 Å². The van der Waals surface area contributed by atoms with Crippen LogP contribution in [0.1, 0.15) is 12.0 Å². The number of amides is 1. The number of halogens is 4. The van der Waals surface area contributed by atoms with Crippen molar-refractivity contribution in [1.29, 1.82) is 0 Å². The maximum absolute atomic E-state index is 14.5. The number of likely N-dealkylation sites (tertiary alicyclic amines) is 1. The van der Waals surface area contributed by atoms with E-state index in [1.807, 2.05) is 0 Å². The van der Waals surface area contributed by atoms with Crippen molar-refractivity contribution in [3.8, 4) is 5.75 Å². The first-order valence-electron chi connectivity index (χ1n) is 6.91. The van der Waals surface area contributed by atoms with Crippen LogP contribution in [-0.4, -0.2) is 49.5 Å². The van der Waals surface area contributed by atoms with Gasteiger partial charge in [-0.3, -0.25) is 4.79 Å². The Morgan fingerprint density at radius 2 is 1.96 bits per heavy atom. The topological polar surface area (TPSA) is 55.8 Å². The van der Waals surface area contributed by atoms with Gasteiger partial charge in [-0.1, -0.05) is 12.1 Å². The van der Waals surface area contributed by atoms with Gasteiger partial charge in [0.05, 0.1) is 20.8 Å². The van der Waals surface area contributed by atoms with Crippen molar-refractivity contribution in [3.05, 3.63) is 29.8 Å². The Balaban J connectivity index is 2.35. The van der Waals surface area contributed by atoms with Crippen LogP contribution in [0.2, 0.25) is 0 Å². The first-order valence-corrected chi connectivity index (χ1v) is 6.91. The predicted octanol–water partition coefficient (Wildman–Crippen LogP) is 2.20. The second-order valence-corrected chi connectivity index (χ2v) is 5.34. The summed E-state index contributed by atoms with van der Waals surface area (Å²) in [4.78, 5) is 23.9. The first-order chi connectivity index (χ1) is 11.1. The van der Waals surface area contributed by atoms with E-state index >= 15 is 0 Å². The molecule has 1 aromatic carbocycles. The highest BCUT2D eigenvalue weighted by Gasteiger charge is 2.56. The number of carbonyl (C=O) groups excluding carboxylic acids is 2.